The molecule has 0 aliphatic heterocycles. The third-order valence-corrected chi connectivity index (χ3v) is 2.60. The van der Waals surface area contributed by atoms with Gasteiger partial charge in [0.15, 0.2) is 0 Å². The fraction of sp³-hybridized carbons (Fsp3) is 0.0833. The number of nitrogens with zero attached hydrogens (tertiary/aromatic N) is 2. The summed E-state index contributed by atoms with van der Waals surface area (Å²) in [4.78, 5) is 18.9. The van der Waals surface area contributed by atoms with E-state index in [1.807, 2.05) is 6.92 Å². The molecule has 92 valence electrons. The van der Waals surface area contributed by atoms with E-state index in [2.05, 4.69) is 15.3 Å². The largest absolute Gasteiger partial charge is 0.478 e. The van der Waals surface area contributed by atoms with Crippen LogP contribution in [0.15, 0.2) is 30.6 Å². The van der Waals surface area contributed by atoms with Gasteiger partial charge in [-0.1, -0.05) is 11.6 Å². The Labute approximate surface area is 108 Å². The molecule has 2 aromatic rings. The van der Waals surface area contributed by atoms with Crippen LogP contribution in [-0.4, -0.2) is 21.0 Å². The van der Waals surface area contributed by atoms with E-state index < -0.39 is 5.97 Å². The molecule has 0 atom stereocenters. The van der Waals surface area contributed by atoms with E-state index in [1.54, 1.807) is 12.1 Å². The van der Waals surface area contributed by atoms with Crippen LogP contribution in [0.25, 0.3) is 0 Å². The molecule has 0 aliphatic carbocycles. The van der Waals surface area contributed by atoms with E-state index in [9.17, 15) is 4.79 Å². The van der Waals surface area contributed by atoms with Crippen molar-refractivity contribution in [2.75, 3.05) is 5.32 Å². The minimum absolute atomic E-state index is 0.0486. The number of hydrogen-bond donors (Lipinski definition) is 2. The number of aryl methyl sites for hydroxylation is 1. The molecule has 6 heteroatoms. The van der Waals surface area contributed by atoms with E-state index in [-0.39, 0.29) is 10.6 Å². The van der Waals surface area contributed by atoms with Crippen LogP contribution in [0.2, 0.25) is 5.02 Å². The number of rotatable bonds is 3. The second-order valence-corrected chi connectivity index (χ2v) is 4.08. The summed E-state index contributed by atoms with van der Waals surface area (Å²) in [5, 5.41) is 12.2. The lowest BCUT2D eigenvalue weighted by Crippen LogP contribution is -2.00. The minimum atomic E-state index is -1.07. The second kappa shape index (κ2) is 5.01. The lowest BCUT2D eigenvalue weighted by atomic mass is 10.2. The van der Waals surface area contributed by atoms with Crippen molar-refractivity contribution in [1.82, 2.24) is 9.97 Å². The van der Waals surface area contributed by atoms with E-state index in [4.69, 9.17) is 16.7 Å². The Morgan fingerprint density at radius 1 is 1.33 bits per heavy atom. The zero-order valence-corrected chi connectivity index (χ0v) is 10.3. The van der Waals surface area contributed by atoms with E-state index in [0.717, 1.165) is 5.69 Å². The fourth-order valence-electron chi connectivity index (χ4n) is 1.44. The first-order valence-electron chi connectivity index (χ1n) is 5.15. The van der Waals surface area contributed by atoms with Crippen LogP contribution in [0.5, 0.6) is 0 Å². The molecule has 0 spiro atoms. The van der Waals surface area contributed by atoms with Crippen molar-refractivity contribution in [3.63, 3.8) is 0 Å². The molecular formula is C12H10ClN3O2. The first kappa shape index (κ1) is 12.3. The zero-order chi connectivity index (χ0) is 13.1. The van der Waals surface area contributed by atoms with Gasteiger partial charge in [-0.15, -0.1) is 0 Å². The second-order valence-electron chi connectivity index (χ2n) is 3.67. The molecule has 1 aromatic heterocycles. The van der Waals surface area contributed by atoms with Crippen molar-refractivity contribution in [2.45, 2.75) is 6.92 Å². The van der Waals surface area contributed by atoms with Gasteiger partial charge in [0.1, 0.15) is 12.1 Å². The van der Waals surface area contributed by atoms with Crippen LogP contribution in [0, 0.1) is 6.92 Å². The number of aromatic nitrogens is 2. The molecule has 0 fully saturated rings. The smallest absolute Gasteiger partial charge is 0.337 e. The first-order chi connectivity index (χ1) is 8.56. The molecule has 0 unspecified atom stereocenters. The van der Waals surface area contributed by atoms with Gasteiger partial charge < -0.3 is 10.4 Å². The third kappa shape index (κ3) is 2.75. The van der Waals surface area contributed by atoms with Crippen LogP contribution in [0.4, 0.5) is 11.5 Å². The van der Waals surface area contributed by atoms with Crippen molar-refractivity contribution in [1.29, 1.82) is 0 Å². The van der Waals surface area contributed by atoms with Crippen LogP contribution in [0.1, 0.15) is 16.1 Å². The molecule has 0 saturated heterocycles. The van der Waals surface area contributed by atoms with E-state index >= 15 is 0 Å². The maximum absolute atomic E-state index is 10.9. The van der Waals surface area contributed by atoms with Crippen LogP contribution >= 0.6 is 11.6 Å². The molecule has 0 amide bonds. The molecule has 0 saturated carbocycles. The third-order valence-electron chi connectivity index (χ3n) is 2.27. The Kier molecular flexibility index (Phi) is 3.43. The number of hydrogen-bond acceptors (Lipinski definition) is 4. The predicted octanol–water partition coefficient (Wildman–Crippen LogP) is 2.88. The van der Waals surface area contributed by atoms with Gasteiger partial charge in [-0.05, 0) is 25.1 Å². The Morgan fingerprint density at radius 2 is 2.11 bits per heavy atom. The number of benzene rings is 1. The molecule has 2 rings (SSSR count). The predicted molar refractivity (Wildman–Crippen MR) is 68.5 cm³/mol. The van der Waals surface area contributed by atoms with Gasteiger partial charge in [0.05, 0.1) is 10.6 Å². The minimum Gasteiger partial charge on any atom is -0.478 e. The SMILES string of the molecule is Cc1cc(Nc2ccc(Cl)c(C(=O)O)c2)ncn1. The summed E-state index contributed by atoms with van der Waals surface area (Å²) in [7, 11) is 0. The maximum Gasteiger partial charge on any atom is 0.337 e. The molecule has 2 N–H and O–H groups in total. The lowest BCUT2D eigenvalue weighted by Gasteiger charge is -2.07. The van der Waals surface area contributed by atoms with Gasteiger partial charge in [0.2, 0.25) is 0 Å². The van der Waals surface area contributed by atoms with Crippen molar-refractivity contribution in [3.05, 3.63) is 46.9 Å². The Morgan fingerprint density at radius 3 is 2.78 bits per heavy atom. The monoisotopic (exact) mass is 263 g/mol. The van der Waals surface area contributed by atoms with Gasteiger partial charge in [-0.2, -0.15) is 0 Å². The summed E-state index contributed by atoms with van der Waals surface area (Å²) in [5.41, 5.74) is 1.47. The van der Waals surface area contributed by atoms with Crippen LogP contribution < -0.4 is 5.32 Å². The van der Waals surface area contributed by atoms with E-state index in [1.165, 1.54) is 18.5 Å². The number of nitrogens with one attached hydrogen (secondary N) is 1. The van der Waals surface area contributed by atoms with Crippen molar-refractivity contribution >= 4 is 29.1 Å². The summed E-state index contributed by atoms with van der Waals surface area (Å²) in [6, 6.07) is 6.44. The quantitative estimate of drug-likeness (QED) is 0.891. The van der Waals surface area contributed by atoms with Gasteiger partial charge in [-0.25, -0.2) is 14.8 Å². The summed E-state index contributed by atoms with van der Waals surface area (Å²) in [6.45, 7) is 1.84. The lowest BCUT2D eigenvalue weighted by molar-refractivity contribution is 0.0697. The zero-order valence-electron chi connectivity index (χ0n) is 9.51. The Balaban J connectivity index is 2.30. The number of anilines is 2. The summed E-state index contributed by atoms with van der Waals surface area (Å²) in [5.74, 6) is -0.469. The Hall–Kier alpha value is -2.14. The van der Waals surface area contributed by atoms with Gasteiger partial charge in [0, 0.05) is 17.4 Å². The maximum atomic E-state index is 10.9. The number of halogens is 1. The number of carbonyl (C=O) groups is 1. The van der Waals surface area contributed by atoms with Gasteiger partial charge >= 0.3 is 5.97 Å². The molecular weight excluding hydrogens is 254 g/mol. The highest BCUT2D eigenvalue weighted by Crippen LogP contribution is 2.22. The summed E-state index contributed by atoms with van der Waals surface area (Å²) < 4.78 is 0. The molecule has 5 nitrogen and oxygen atoms in total. The topological polar surface area (TPSA) is 75.1 Å². The first-order valence-corrected chi connectivity index (χ1v) is 5.52. The Bertz CT molecular complexity index is 602. The van der Waals surface area contributed by atoms with Crippen molar-refractivity contribution in [3.8, 4) is 0 Å². The average Bonchev–Trinajstić information content (AvgIpc) is 2.31. The number of aromatic carboxylic acids is 1. The normalized spacial score (nSPS) is 10.1. The average molecular weight is 264 g/mol. The molecule has 0 aliphatic rings. The molecule has 18 heavy (non-hydrogen) atoms. The summed E-state index contributed by atoms with van der Waals surface area (Å²) >= 11 is 5.79. The molecule has 0 radical (unpaired) electrons. The highest BCUT2D eigenvalue weighted by molar-refractivity contribution is 6.33. The summed E-state index contributed by atoms with van der Waals surface area (Å²) in [6.07, 6.45) is 1.44. The standard InChI is InChI=1S/C12H10ClN3O2/c1-7-4-11(15-6-14-7)16-8-2-3-10(13)9(5-8)12(17)18/h2-6H,1H3,(H,17,18)(H,14,15,16). The van der Waals surface area contributed by atoms with Crippen LogP contribution in [-0.2, 0) is 0 Å². The van der Waals surface area contributed by atoms with Crippen molar-refractivity contribution < 1.29 is 9.90 Å². The van der Waals surface area contributed by atoms with Crippen molar-refractivity contribution in [2.24, 2.45) is 0 Å². The van der Waals surface area contributed by atoms with Gasteiger partial charge in [-0.3, -0.25) is 0 Å². The molecule has 1 heterocycles. The molecule has 0 bridgehead atoms. The van der Waals surface area contributed by atoms with E-state index in [0.29, 0.717) is 11.5 Å². The molecule has 1 aromatic carbocycles. The highest BCUT2D eigenvalue weighted by atomic mass is 35.5. The number of carboxylic acid groups (broad SMARTS) is 1. The fourth-order valence-corrected chi connectivity index (χ4v) is 1.64. The van der Waals surface area contributed by atoms with Crippen LogP contribution in [0.3, 0.4) is 0 Å². The van der Waals surface area contributed by atoms with Gasteiger partial charge in [0.25, 0.3) is 0 Å². The highest BCUT2D eigenvalue weighted by Gasteiger charge is 2.09. The number of carboxylic acids is 1.